The lowest BCUT2D eigenvalue weighted by Gasteiger charge is -2.17. The minimum absolute atomic E-state index is 0.0860. The molecular weight excluding hydrogens is 546 g/mol. The van der Waals surface area contributed by atoms with Crippen molar-refractivity contribution in [3.8, 4) is 5.75 Å². The lowest BCUT2D eigenvalue weighted by molar-refractivity contribution is -0.123. The second kappa shape index (κ2) is 11.7. The van der Waals surface area contributed by atoms with Gasteiger partial charge < -0.3 is 15.8 Å². The van der Waals surface area contributed by atoms with Crippen LogP contribution in [0.25, 0.3) is 10.9 Å². The molecule has 0 aliphatic carbocycles. The van der Waals surface area contributed by atoms with Crippen LogP contribution in [0.1, 0.15) is 31.4 Å². The fourth-order valence-corrected chi connectivity index (χ4v) is 6.50. The average molecular weight is 576 g/mol. The van der Waals surface area contributed by atoms with Gasteiger partial charge in [0.2, 0.25) is 5.91 Å². The molecule has 9 nitrogen and oxygen atoms in total. The van der Waals surface area contributed by atoms with Gasteiger partial charge in [0.25, 0.3) is 10.0 Å². The summed E-state index contributed by atoms with van der Waals surface area (Å²) in [6.07, 6.45) is 0.825. The number of hydrogen-bond acceptors (Lipinski definition) is 7. The van der Waals surface area contributed by atoms with Crippen LogP contribution in [-0.4, -0.2) is 37.3 Å². The third-order valence-corrected chi connectivity index (χ3v) is 9.42. The molecule has 38 heavy (non-hydrogen) atoms. The van der Waals surface area contributed by atoms with Crippen molar-refractivity contribution in [3.63, 3.8) is 0 Å². The van der Waals surface area contributed by atoms with Gasteiger partial charge >= 0.3 is 0 Å². The predicted molar refractivity (Wildman–Crippen MR) is 151 cm³/mol. The van der Waals surface area contributed by atoms with Gasteiger partial charge in [-0.1, -0.05) is 62.2 Å². The summed E-state index contributed by atoms with van der Waals surface area (Å²) in [7, 11) is -2.38. The van der Waals surface area contributed by atoms with Crippen molar-refractivity contribution in [1.82, 2.24) is 15.1 Å². The molecule has 0 saturated heterocycles. The molecule has 2 atom stereocenters. The van der Waals surface area contributed by atoms with Gasteiger partial charge in [0, 0.05) is 6.54 Å². The van der Waals surface area contributed by atoms with Crippen LogP contribution in [0.15, 0.2) is 58.8 Å². The summed E-state index contributed by atoms with van der Waals surface area (Å²) in [6.45, 7) is 4.67. The van der Waals surface area contributed by atoms with Crippen molar-refractivity contribution in [2.24, 2.45) is 11.7 Å². The Hall–Kier alpha value is -3.12. The number of aromatic nitrogens is 2. The maximum atomic E-state index is 13.0. The average Bonchev–Trinajstić information content (AvgIpc) is 3.50. The molecule has 4 N–H and O–H groups in total. The molecule has 2 unspecified atom stereocenters. The number of nitrogens with two attached hydrogens (primary N) is 1. The number of rotatable bonds is 11. The Labute approximate surface area is 231 Å². The predicted octanol–water partition coefficient (Wildman–Crippen LogP) is 4.60. The maximum absolute atomic E-state index is 13.0. The summed E-state index contributed by atoms with van der Waals surface area (Å²) >= 11 is 6.91. The number of amides is 1. The lowest BCUT2D eigenvalue weighted by Crippen LogP contribution is -2.44. The zero-order valence-electron chi connectivity index (χ0n) is 21.3. The number of thiophene rings is 1. The highest BCUT2D eigenvalue weighted by molar-refractivity contribution is 7.94. The Balaban J connectivity index is 1.60. The largest absolute Gasteiger partial charge is 0.496 e. The van der Waals surface area contributed by atoms with E-state index in [1.807, 2.05) is 50.2 Å². The van der Waals surface area contributed by atoms with E-state index in [0.29, 0.717) is 34.1 Å². The van der Waals surface area contributed by atoms with Crippen LogP contribution >= 0.6 is 22.9 Å². The van der Waals surface area contributed by atoms with Crippen LogP contribution in [0, 0.1) is 5.92 Å². The Bertz CT molecular complexity index is 1550. The number of halogens is 1. The number of anilines is 1. The van der Waals surface area contributed by atoms with Gasteiger partial charge in [-0.3, -0.25) is 14.2 Å². The molecule has 0 aliphatic rings. The molecule has 4 rings (SSSR count). The van der Waals surface area contributed by atoms with Gasteiger partial charge in [0.15, 0.2) is 5.82 Å². The third kappa shape index (κ3) is 6.12. The number of sulfonamides is 1. The number of nitrogens with zero attached hydrogens (tertiary/aromatic N) is 2. The molecule has 0 saturated carbocycles. The highest BCUT2D eigenvalue weighted by Gasteiger charge is 2.23. The van der Waals surface area contributed by atoms with Crippen LogP contribution in [0.4, 0.5) is 5.82 Å². The van der Waals surface area contributed by atoms with E-state index >= 15 is 0 Å². The van der Waals surface area contributed by atoms with Gasteiger partial charge in [-0.2, -0.15) is 5.10 Å². The van der Waals surface area contributed by atoms with Crippen LogP contribution < -0.4 is 20.5 Å². The minimum Gasteiger partial charge on any atom is -0.496 e. The molecule has 0 radical (unpaired) electrons. The number of hydrogen-bond donors (Lipinski definition) is 3. The molecule has 0 spiro atoms. The van der Waals surface area contributed by atoms with Crippen LogP contribution in [0.3, 0.4) is 0 Å². The van der Waals surface area contributed by atoms with Crippen LogP contribution in [0.5, 0.6) is 5.75 Å². The minimum atomic E-state index is -3.90. The number of carbonyl (C=O) groups is 1. The number of ether oxygens (including phenoxy) is 1. The zero-order chi connectivity index (χ0) is 27.4. The lowest BCUT2D eigenvalue weighted by atomic mass is 9.99. The van der Waals surface area contributed by atoms with Gasteiger partial charge in [0.05, 0.1) is 34.9 Å². The van der Waals surface area contributed by atoms with Crippen molar-refractivity contribution in [2.45, 2.75) is 43.6 Å². The van der Waals surface area contributed by atoms with Gasteiger partial charge in [0.1, 0.15) is 9.96 Å². The molecular formula is C26H30ClN5O4S2. The molecule has 2 aromatic heterocycles. The van der Waals surface area contributed by atoms with Crippen molar-refractivity contribution in [2.75, 3.05) is 11.8 Å². The standard InChI is InChI=1S/C26H30ClN5O4S2/c1-4-16(2)24(28)26(33)29-14-17-7-5-8-18(13-17)15-32-19-9-6-10-20(36-3)23(19)25(30-32)31-38(34,35)22-12-11-21(27)37-22/h5-13,16,24H,4,14-15,28H2,1-3H3,(H,29,33)(H,30,31). The Kier molecular flexibility index (Phi) is 8.61. The zero-order valence-corrected chi connectivity index (χ0v) is 23.7. The van der Waals surface area contributed by atoms with E-state index in [1.54, 1.807) is 10.7 Å². The first-order chi connectivity index (χ1) is 18.1. The molecule has 202 valence electrons. The van der Waals surface area contributed by atoms with Gasteiger partial charge in [-0.05, 0) is 41.3 Å². The van der Waals surface area contributed by atoms with Crippen molar-refractivity contribution in [1.29, 1.82) is 0 Å². The van der Waals surface area contributed by atoms with Crippen molar-refractivity contribution in [3.05, 3.63) is 70.1 Å². The molecule has 2 heterocycles. The van der Waals surface area contributed by atoms with Crippen LogP contribution in [-0.2, 0) is 27.9 Å². The molecule has 1 amide bonds. The number of carbonyl (C=O) groups excluding carboxylic acids is 1. The molecule has 0 bridgehead atoms. The van der Waals surface area contributed by atoms with E-state index in [-0.39, 0.29) is 21.9 Å². The normalized spacial score (nSPS) is 13.3. The summed E-state index contributed by atoms with van der Waals surface area (Å²) in [4.78, 5) is 12.4. The summed E-state index contributed by atoms with van der Waals surface area (Å²) < 4.78 is 36.3. The summed E-state index contributed by atoms with van der Waals surface area (Å²) in [5.41, 5.74) is 8.58. The highest BCUT2D eigenvalue weighted by Crippen LogP contribution is 2.35. The smallest absolute Gasteiger partial charge is 0.272 e. The molecule has 2 aromatic carbocycles. The van der Waals surface area contributed by atoms with Crippen LogP contribution in [0.2, 0.25) is 4.34 Å². The summed E-state index contributed by atoms with van der Waals surface area (Å²) in [5, 5.41) is 8.05. The SMILES string of the molecule is CCC(C)C(N)C(=O)NCc1cccc(Cn2nc(NS(=O)(=O)c3ccc(Cl)s3)c3c(OC)cccc32)c1. The summed E-state index contributed by atoms with van der Waals surface area (Å²) in [5.74, 6) is 0.558. The van der Waals surface area contributed by atoms with Gasteiger partial charge in [-0.15, -0.1) is 11.3 Å². The topological polar surface area (TPSA) is 128 Å². The molecule has 0 fully saturated rings. The van der Waals surface area contributed by atoms with Crippen molar-refractivity contribution >= 4 is 55.6 Å². The second-order valence-corrected chi connectivity index (χ2v) is 12.6. The molecule has 0 aliphatic heterocycles. The van der Waals surface area contributed by atoms with Crippen molar-refractivity contribution < 1.29 is 17.9 Å². The Morgan fingerprint density at radius 3 is 2.61 bits per heavy atom. The maximum Gasteiger partial charge on any atom is 0.272 e. The third-order valence-electron chi connectivity index (χ3n) is 6.35. The van der Waals surface area contributed by atoms with Gasteiger partial charge in [-0.25, -0.2) is 8.42 Å². The first-order valence-corrected chi connectivity index (χ1v) is 14.7. The molecule has 4 aromatic rings. The monoisotopic (exact) mass is 575 g/mol. The Morgan fingerprint density at radius 2 is 1.92 bits per heavy atom. The quantitative estimate of drug-likeness (QED) is 0.240. The Morgan fingerprint density at radius 1 is 1.18 bits per heavy atom. The first kappa shape index (κ1) is 27.9. The number of benzene rings is 2. The fourth-order valence-electron chi connectivity index (χ4n) is 4.01. The number of fused-ring (bicyclic) bond motifs is 1. The fraction of sp³-hybridized carbons (Fsp3) is 0.308. The van der Waals surface area contributed by atoms with E-state index in [2.05, 4.69) is 15.1 Å². The molecule has 12 heteroatoms. The van der Waals surface area contributed by atoms with E-state index in [9.17, 15) is 13.2 Å². The van der Waals surface area contributed by atoms with E-state index in [1.165, 1.54) is 19.2 Å². The number of nitrogens with one attached hydrogen (secondary N) is 2. The highest BCUT2D eigenvalue weighted by atomic mass is 35.5. The van der Waals surface area contributed by atoms with E-state index in [4.69, 9.17) is 22.1 Å². The second-order valence-electron chi connectivity index (χ2n) is 8.97. The van der Waals surface area contributed by atoms with E-state index < -0.39 is 16.1 Å². The van der Waals surface area contributed by atoms with E-state index in [0.717, 1.165) is 28.9 Å². The summed E-state index contributed by atoms with van der Waals surface area (Å²) in [6, 6.07) is 15.6. The number of methoxy groups -OCH3 is 1. The first-order valence-electron chi connectivity index (χ1n) is 12.1.